The van der Waals surface area contributed by atoms with E-state index in [2.05, 4.69) is 28.6 Å². The number of pyridine rings is 1. The van der Waals surface area contributed by atoms with Gasteiger partial charge in [-0.2, -0.15) is 0 Å². The van der Waals surface area contributed by atoms with E-state index in [0.717, 1.165) is 17.8 Å². The monoisotopic (exact) mass is 323 g/mol. The SMILES string of the molecule is CCc1ccccc1Nc1ccc(NC(=O)c2cccs2)nc1. The Morgan fingerprint density at radius 1 is 1.13 bits per heavy atom. The van der Waals surface area contributed by atoms with Crippen molar-refractivity contribution in [2.75, 3.05) is 10.6 Å². The molecule has 0 aliphatic rings. The molecule has 0 aliphatic heterocycles. The van der Waals surface area contributed by atoms with Crippen LogP contribution in [0.4, 0.5) is 17.2 Å². The largest absolute Gasteiger partial charge is 0.354 e. The van der Waals surface area contributed by atoms with Gasteiger partial charge in [0.25, 0.3) is 5.91 Å². The molecule has 0 radical (unpaired) electrons. The lowest BCUT2D eigenvalue weighted by atomic mass is 10.1. The number of para-hydroxylation sites is 1. The van der Waals surface area contributed by atoms with Gasteiger partial charge >= 0.3 is 0 Å². The van der Waals surface area contributed by atoms with Crippen molar-refractivity contribution in [2.24, 2.45) is 0 Å². The second kappa shape index (κ2) is 7.07. The Kier molecular flexibility index (Phi) is 4.68. The molecular formula is C18H17N3OS. The summed E-state index contributed by atoms with van der Waals surface area (Å²) in [6.45, 7) is 2.13. The first kappa shape index (κ1) is 15.2. The fourth-order valence-electron chi connectivity index (χ4n) is 2.23. The summed E-state index contributed by atoms with van der Waals surface area (Å²) in [4.78, 5) is 16.9. The first-order valence-electron chi connectivity index (χ1n) is 7.42. The summed E-state index contributed by atoms with van der Waals surface area (Å²) in [7, 11) is 0. The Morgan fingerprint density at radius 2 is 2.00 bits per heavy atom. The van der Waals surface area contributed by atoms with Crippen LogP contribution in [-0.4, -0.2) is 10.9 Å². The van der Waals surface area contributed by atoms with Crippen LogP contribution in [0.3, 0.4) is 0 Å². The zero-order valence-electron chi connectivity index (χ0n) is 12.7. The number of amides is 1. The molecule has 2 aromatic heterocycles. The van der Waals surface area contributed by atoms with Gasteiger partial charge in [0.1, 0.15) is 5.82 Å². The summed E-state index contributed by atoms with van der Waals surface area (Å²) in [5, 5.41) is 8.02. The molecule has 1 aromatic carbocycles. The predicted octanol–water partition coefficient (Wildman–Crippen LogP) is 4.70. The molecule has 1 amide bonds. The Labute approximate surface area is 139 Å². The molecule has 0 atom stereocenters. The van der Waals surface area contributed by atoms with Crippen LogP contribution in [0.2, 0.25) is 0 Å². The molecule has 0 saturated heterocycles. The Balaban J connectivity index is 1.68. The van der Waals surface area contributed by atoms with Crippen LogP contribution in [0.25, 0.3) is 0 Å². The number of aryl methyl sites for hydroxylation is 1. The number of hydrogen-bond acceptors (Lipinski definition) is 4. The second-order valence-corrected chi connectivity index (χ2v) is 5.95. The van der Waals surface area contributed by atoms with Crippen molar-refractivity contribution in [3.63, 3.8) is 0 Å². The molecule has 2 heterocycles. The summed E-state index contributed by atoms with van der Waals surface area (Å²) in [5.41, 5.74) is 3.22. The normalized spacial score (nSPS) is 10.3. The Morgan fingerprint density at radius 3 is 2.70 bits per heavy atom. The summed E-state index contributed by atoms with van der Waals surface area (Å²) >= 11 is 1.41. The summed E-state index contributed by atoms with van der Waals surface area (Å²) < 4.78 is 0. The maximum Gasteiger partial charge on any atom is 0.266 e. The molecule has 0 bridgehead atoms. The number of carbonyl (C=O) groups is 1. The van der Waals surface area contributed by atoms with Gasteiger partial charge in [0, 0.05) is 5.69 Å². The molecule has 4 nitrogen and oxygen atoms in total. The molecular weight excluding hydrogens is 306 g/mol. The molecule has 23 heavy (non-hydrogen) atoms. The topological polar surface area (TPSA) is 54.0 Å². The third-order valence-electron chi connectivity index (χ3n) is 3.43. The van der Waals surface area contributed by atoms with Gasteiger partial charge in [0.2, 0.25) is 0 Å². The lowest BCUT2D eigenvalue weighted by molar-refractivity contribution is 0.103. The number of aromatic nitrogens is 1. The highest BCUT2D eigenvalue weighted by Gasteiger charge is 2.07. The van der Waals surface area contributed by atoms with Crippen LogP contribution in [0.5, 0.6) is 0 Å². The third-order valence-corrected chi connectivity index (χ3v) is 4.30. The Hall–Kier alpha value is -2.66. The van der Waals surface area contributed by atoms with Gasteiger partial charge in [0.05, 0.1) is 16.8 Å². The fraction of sp³-hybridized carbons (Fsp3) is 0.111. The predicted molar refractivity (Wildman–Crippen MR) is 95.6 cm³/mol. The molecule has 0 spiro atoms. The van der Waals surface area contributed by atoms with Gasteiger partial charge in [-0.15, -0.1) is 11.3 Å². The van der Waals surface area contributed by atoms with Crippen LogP contribution < -0.4 is 10.6 Å². The fourth-order valence-corrected chi connectivity index (χ4v) is 2.85. The van der Waals surface area contributed by atoms with E-state index in [-0.39, 0.29) is 5.91 Å². The van der Waals surface area contributed by atoms with Crippen molar-refractivity contribution in [1.82, 2.24) is 4.98 Å². The number of carbonyl (C=O) groups excluding carboxylic acids is 1. The number of anilines is 3. The lowest BCUT2D eigenvalue weighted by Crippen LogP contribution is -2.11. The highest BCUT2D eigenvalue weighted by molar-refractivity contribution is 7.12. The number of nitrogens with zero attached hydrogens (tertiary/aromatic N) is 1. The first-order valence-corrected chi connectivity index (χ1v) is 8.30. The van der Waals surface area contributed by atoms with E-state index < -0.39 is 0 Å². The number of rotatable bonds is 5. The van der Waals surface area contributed by atoms with E-state index in [1.54, 1.807) is 18.3 Å². The maximum absolute atomic E-state index is 12.0. The smallest absolute Gasteiger partial charge is 0.266 e. The minimum absolute atomic E-state index is 0.135. The van der Waals surface area contributed by atoms with Gasteiger partial charge < -0.3 is 10.6 Å². The van der Waals surface area contributed by atoms with Crippen LogP contribution in [0.1, 0.15) is 22.2 Å². The van der Waals surface area contributed by atoms with Gasteiger partial charge in [-0.05, 0) is 41.6 Å². The van der Waals surface area contributed by atoms with Gasteiger partial charge in [-0.1, -0.05) is 31.2 Å². The lowest BCUT2D eigenvalue weighted by Gasteiger charge is -2.11. The highest BCUT2D eigenvalue weighted by Crippen LogP contribution is 2.21. The molecule has 3 rings (SSSR count). The minimum atomic E-state index is -0.135. The van der Waals surface area contributed by atoms with E-state index in [1.807, 2.05) is 35.7 Å². The average molecular weight is 323 g/mol. The molecule has 0 fully saturated rings. The number of benzene rings is 1. The van der Waals surface area contributed by atoms with Crippen LogP contribution >= 0.6 is 11.3 Å². The zero-order valence-corrected chi connectivity index (χ0v) is 13.6. The van der Waals surface area contributed by atoms with Crippen molar-refractivity contribution in [3.05, 3.63) is 70.5 Å². The average Bonchev–Trinajstić information content (AvgIpc) is 3.12. The molecule has 0 aliphatic carbocycles. The highest BCUT2D eigenvalue weighted by atomic mass is 32.1. The second-order valence-electron chi connectivity index (χ2n) is 5.00. The summed E-state index contributed by atoms with van der Waals surface area (Å²) in [6, 6.07) is 15.5. The molecule has 3 aromatic rings. The molecule has 0 unspecified atom stereocenters. The third kappa shape index (κ3) is 3.76. The van der Waals surface area contributed by atoms with E-state index in [1.165, 1.54) is 16.9 Å². The molecule has 5 heteroatoms. The summed E-state index contributed by atoms with van der Waals surface area (Å²) in [6.07, 6.45) is 2.68. The van der Waals surface area contributed by atoms with E-state index in [9.17, 15) is 4.79 Å². The number of nitrogens with one attached hydrogen (secondary N) is 2. The quantitative estimate of drug-likeness (QED) is 0.715. The van der Waals surface area contributed by atoms with Crippen molar-refractivity contribution >= 4 is 34.4 Å². The van der Waals surface area contributed by atoms with E-state index >= 15 is 0 Å². The van der Waals surface area contributed by atoms with Crippen molar-refractivity contribution < 1.29 is 4.79 Å². The molecule has 2 N–H and O–H groups in total. The van der Waals surface area contributed by atoms with Crippen molar-refractivity contribution in [2.45, 2.75) is 13.3 Å². The van der Waals surface area contributed by atoms with Gasteiger partial charge in [0.15, 0.2) is 0 Å². The van der Waals surface area contributed by atoms with E-state index in [0.29, 0.717) is 10.7 Å². The van der Waals surface area contributed by atoms with Crippen LogP contribution in [-0.2, 0) is 6.42 Å². The van der Waals surface area contributed by atoms with Gasteiger partial charge in [-0.25, -0.2) is 4.98 Å². The number of thiophene rings is 1. The first-order chi connectivity index (χ1) is 11.3. The molecule has 0 saturated carbocycles. The van der Waals surface area contributed by atoms with Gasteiger partial charge in [-0.3, -0.25) is 4.79 Å². The Bertz CT molecular complexity index is 782. The van der Waals surface area contributed by atoms with E-state index in [4.69, 9.17) is 0 Å². The number of hydrogen-bond donors (Lipinski definition) is 2. The zero-order chi connectivity index (χ0) is 16.1. The standard InChI is InChI=1S/C18H17N3OS/c1-2-13-6-3-4-7-15(13)20-14-9-10-17(19-12-14)21-18(22)16-8-5-11-23-16/h3-12,20H,2H2,1H3,(H,19,21,22). The van der Waals surface area contributed by atoms with Crippen molar-refractivity contribution in [3.8, 4) is 0 Å². The molecule has 116 valence electrons. The van der Waals surface area contributed by atoms with Crippen LogP contribution in [0.15, 0.2) is 60.1 Å². The summed E-state index contributed by atoms with van der Waals surface area (Å²) in [5.74, 6) is 0.405. The van der Waals surface area contributed by atoms with Crippen molar-refractivity contribution in [1.29, 1.82) is 0 Å². The minimum Gasteiger partial charge on any atom is -0.354 e. The van der Waals surface area contributed by atoms with Crippen LogP contribution in [0, 0.1) is 0 Å². The maximum atomic E-state index is 12.0.